The molecule has 2 amide bonds. The molecule has 0 N–H and O–H groups in total. The van der Waals surface area contributed by atoms with Gasteiger partial charge in [-0.2, -0.15) is 4.31 Å². The van der Waals surface area contributed by atoms with Crippen molar-refractivity contribution in [3.05, 3.63) is 49.6 Å². The first kappa shape index (κ1) is 17.1. The van der Waals surface area contributed by atoms with Gasteiger partial charge in [0.25, 0.3) is 0 Å². The molecule has 0 atom stereocenters. The van der Waals surface area contributed by atoms with Gasteiger partial charge in [-0.05, 0) is 18.2 Å². The Morgan fingerprint density at radius 3 is 2.17 bits per heavy atom. The van der Waals surface area contributed by atoms with Gasteiger partial charge in [0.2, 0.25) is 21.8 Å². The maximum absolute atomic E-state index is 12.7. The molecule has 0 radical (unpaired) electrons. The Balaban J connectivity index is 2.42. The van der Waals surface area contributed by atoms with Crippen molar-refractivity contribution in [2.24, 2.45) is 0 Å². The van der Waals surface area contributed by atoms with E-state index in [1.807, 2.05) is 0 Å². The molecule has 0 spiro atoms. The van der Waals surface area contributed by atoms with Crippen LogP contribution in [0.2, 0.25) is 0 Å². The highest BCUT2D eigenvalue weighted by atomic mass is 32.2. The Bertz CT molecular complexity index is 729. The molecule has 1 saturated heterocycles. The Morgan fingerprint density at radius 2 is 1.65 bits per heavy atom. The fourth-order valence-corrected chi connectivity index (χ4v) is 3.78. The van der Waals surface area contributed by atoms with Crippen molar-refractivity contribution in [1.82, 2.24) is 4.31 Å². The van der Waals surface area contributed by atoms with Crippen LogP contribution in [-0.4, -0.2) is 37.6 Å². The van der Waals surface area contributed by atoms with E-state index in [0.717, 1.165) is 4.90 Å². The standard InChI is InChI=1S/C16H18N2O4S/c1-3-10-17(11-4-2)23(21,22)14-7-5-6-13(12-14)18-15(19)8-9-16(18)20/h3-7,12H,1-2,8-11H2. The van der Waals surface area contributed by atoms with Gasteiger partial charge in [0.05, 0.1) is 10.6 Å². The average Bonchev–Trinajstić information content (AvgIpc) is 2.86. The maximum atomic E-state index is 12.7. The number of anilines is 1. The summed E-state index contributed by atoms with van der Waals surface area (Å²) in [7, 11) is -3.77. The van der Waals surface area contributed by atoms with Gasteiger partial charge in [0.15, 0.2) is 0 Å². The van der Waals surface area contributed by atoms with E-state index >= 15 is 0 Å². The molecule has 23 heavy (non-hydrogen) atoms. The summed E-state index contributed by atoms with van der Waals surface area (Å²) in [6, 6.07) is 5.84. The van der Waals surface area contributed by atoms with Gasteiger partial charge in [0, 0.05) is 25.9 Å². The lowest BCUT2D eigenvalue weighted by Gasteiger charge is -2.20. The van der Waals surface area contributed by atoms with Crippen molar-refractivity contribution in [3.8, 4) is 0 Å². The third-order valence-corrected chi connectivity index (χ3v) is 5.26. The topological polar surface area (TPSA) is 74.8 Å². The lowest BCUT2D eigenvalue weighted by molar-refractivity contribution is -0.121. The molecule has 1 aromatic rings. The first-order valence-corrected chi connectivity index (χ1v) is 8.53. The predicted octanol–water partition coefficient (Wildman–Crippen LogP) is 1.70. The minimum Gasteiger partial charge on any atom is -0.274 e. The van der Waals surface area contributed by atoms with E-state index in [0.29, 0.717) is 0 Å². The molecule has 7 heteroatoms. The Hall–Kier alpha value is -2.25. The number of carbonyl (C=O) groups excluding carboxylic acids is 2. The summed E-state index contributed by atoms with van der Waals surface area (Å²) < 4.78 is 26.6. The number of hydrogen-bond acceptors (Lipinski definition) is 4. The van der Waals surface area contributed by atoms with Crippen molar-refractivity contribution in [2.75, 3.05) is 18.0 Å². The number of imide groups is 1. The van der Waals surface area contributed by atoms with Gasteiger partial charge in [-0.3, -0.25) is 14.5 Å². The summed E-state index contributed by atoms with van der Waals surface area (Å²) in [5.74, 6) is -0.642. The van der Waals surface area contributed by atoms with Crippen LogP contribution in [0.5, 0.6) is 0 Å². The number of benzene rings is 1. The van der Waals surface area contributed by atoms with Crippen molar-refractivity contribution < 1.29 is 18.0 Å². The van der Waals surface area contributed by atoms with E-state index < -0.39 is 10.0 Å². The Labute approximate surface area is 135 Å². The van der Waals surface area contributed by atoms with Crippen LogP contribution in [0.15, 0.2) is 54.5 Å². The minimum atomic E-state index is -3.77. The van der Waals surface area contributed by atoms with Crippen LogP contribution < -0.4 is 4.90 Å². The molecule has 0 aromatic heterocycles. The Kier molecular flexibility index (Phi) is 5.12. The molecule has 1 heterocycles. The first-order valence-electron chi connectivity index (χ1n) is 7.09. The molecule has 2 rings (SSSR count). The van der Waals surface area contributed by atoms with Crippen LogP contribution in [0, 0.1) is 0 Å². The summed E-state index contributed by atoms with van der Waals surface area (Å²) >= 11 is 0. The number of carbonyl (C=O) groups is 2. The summed E-state index contributed by atoms with van der Waals surface area (Å²) in [6.45, 7) is 7.38. The molecule has 6 nitrogen and oxygen atoms in total. The second-order valence-electron chi connectivity index (χ2n) is 5.02. The van der Waals surface area contributed by atoms with Crippen LogP contribution in [0.1, 0.15) is 12.8 Å². The maximum Gasteiger partial charge on any atom is 0.243 e. The number of sulfonamides is 1. The molecular formula is C16H18N2O4S. The van der Waals surface area contributed by atoms with Crippen molar-refractivity contribution >= 4 is 27.5 Å². The van der Waals surface area contributed by atoms with Gasteiger partial charge < -0.3 is 0 Å². The summed E-state index contributed by atoms with van der Waals surface area (Å²) in [4.78, 5) is 24.7. The zero-order valence-corrected chi connectivity index (χ0v) is 13.5. The smallest absolute Gasteiger partial charge is 0.243 e. The van der Waals surface area contributed by atoms with E-state index in [2.05, 4.69) is 13.2 Å². The second-order valence-corrected chi connectivity index (χ2v) is 6.96. The van der Waals surface area contributed by atoms with Gasteiger partial charge in [-0.25, -0.2) is 8.42 Å². The fourth-order valence-electron chi connectivity index (χ4n) is 2.36. The molecule has 0 bridgehead atoms. The van der Waals surface area contributed by atoms with Gasteiger partial charge in [-0.1, -0.05) is 18.2 Å². The first-order chi connectivity index (χ1) is 10.9. The lowest BCUT2D eigenvalue weighted by Crippen LogP contribution is -2.32. The number of rotatable bonds is 7. The highest BCUT2D eigenvalue weighted by Gasteiger charge is 2.31. The van der Waals surface area contributed by atoms with Crippen LogP contribution in [0.3, 0.4) is 0 Å². The molecular weight excluding hydrogens is 316 g/mol. The van der Waals surface area contributed by atoms with Gasteiger partial charge >= 0.3 is 0 Å². The van der Waals surface area contributed by atoms with E-state index in [9.17, 15) is 18.0 Å². The van der Waals surface area contributed by atoms with Gasteiger partial charge in [-0.15, -0.1) is 13.2 Å². The molecule has 1 aliphatic rings. The number of amides is 2. The van der Waals surface area contributed by atoms with Crippen LogP contribution >= 0.6 is 0 Å². The molecule has 1 fully saturated rings. The van der Waals surface area contributed by atoms with Crippen molar-refractivity contribution in [1.29, 1.82) is 0 Å². The van der Waals surface area contributed by atoms with Crippen LogP contribution in [-0.2, 0) is 19.6 Å². The Morgan fingerprint density at radius 1 is 1.09 bits per heavy atom. The largest absolute Gasteiger partial charge is 0.274 e. The zero-order valence-electron chi connectivity index (χ0n) is 12.6. The molecule has 1 aromatic carbocycles. The number of hydrogen-bond donors (Lipinski definition) is 0. The summed E-state index contributed by atoms with van der Waals surface area (Å²) in [5.41, 5.74) is 0.274. The second kappa shape index (κ2) is 6.89. The quantitative estimate of drug-likeness (QED) is 0.562. The van der Waals surface area contributed by atoms with E-state index in [-0.39, 0.29) is 48.3 Å². The normalized spacial score (nSPS) is 15.3. The third kappa shape index (κ3) is 3.40. The molecule has 0 saturated carbocycles. The molecule has 1 aliphatic heterocycles. The zero-order chi connectivity index (χ0) is 17.0. The predicted molar refractivity (Wildman–Crippen MR) is 87.3 cm³/mol. The average molecular weight is 334 g/mol. The van der Waals surface area contributed by atoms with Crippen LogP contribution in [0.4, 0.5) is 5.69 Å². The summed E-state index contributed by atoms with van der Waals surface area (Å²) in [6.07, 6.45) is 3.26. The SMILES string of the molecule is C=CCN(CC=C)S(=O)(=O)c1cccc(N2C(=O)CCC2=O)c1. The minimum absolute atomic E-state index is 0.0196. The third-order valence-electron chi connectivity index (χ3n) is 3.43. The van der Waals surface area contributed by atoms with Gasteiger partial charge in [0.1, 0.15) is 0 Å². The molecule has 0 unspecified atom stereocenters. The lowest BCUT2D eigenvalue weighted by atomic mass is 10.3. The van der Waals surface area contributed by atoms with E-state index in [1.54, 1.807) is 6.07 Å². The highest BCUT2D eigenvalue weighted by molar-refractivity contribution is 7.89. The van der Waals surface area contributed by atoms with Crippen LogP contribution in [0.25, 0.3) is 0 Å². The monoisotopic (exact) mass is 334 g/mol. The number of nitrogens with zero attached hydrogens (tertiary/aromatic N) is 2. The summed E-state index contributed by atoms with van der Waals surface area (Å²) in [5, 5.41) is 0. The highest BCUT2D eigenvalue weighted by Crippen LogP contribution is 2.26. The van der Waals surface area contributed by atoms with E-state index in [1.165, 1.54) is 34.7 Å². The molecule has 0 aliphatic carbocycles. The fraction of sp³-hybridized carbons (Fsp3) is 0.250. The van der Waals surface area contributed by atoms with Crippen molar-refractivity contribution in [2.45, 2.75) is 17.7 Å². The van der Waals surface area contributed by atoms with E-state index in [4.69, 9.17) is 0 Å². The van der Waals surface area contributed by atoms with Crippen molar-refractivity contribution in [3.63, 3.8) is 0 Å². The molecule has 122 valence electrons.